The fraction of sp³-hybridized carbons (Fsp3) is 0.231. The first kappa shape index (κ1) is 11.9. The van der Waals surface area contributed by atoms with Gasteiger partial charge in [0.25, 0.3) is 0 Å². The highest BCUT2D eigenvalue weighted by Gasteiger charge is 2.03. The van der Waals surface area contributed by atoms with Crippen molar-refractivity contribution in [2.75, 3.05) is 6.26 Å². The summed E-state index contributed by atoms with van der Waals surface area (Å²) >= 11 is 1.56. The largest absolute Gasteiger partial charge is 0.437 e. The van der Waals surface area contributed by atoms with Gasteiger partial charge in [-0.2, -0.15) is 0 Å². The number of hydrogen-bond acceptors (Lipinski definition) is 4. The molecule has 88 valence electrons. The highest BCUT2D eigenvalue weighted by atomic mass is 32.2. The molecule has 0 amide bonds. The molecule has 0 aliphatic carbocycles. The van der Waals surface area contributed by atoms with Crippen molar-refractivity contribution < 1.29 is 4.74 Å². The SMILES string of the molecule is CSc1ccc(Oc2ccc(C)cc2C)nn1. The summed E-state index contributed by atoms with van der Waals surface area (Å²) in [5.41, 5.74) is 2.32. The van der Waals surface area contributed by atoms with Crippen LogP contribution in [0.1, 0.15) is 11.1 Å². The third-order valence-electron chi connectivity index (χ3n) is 2.37. The van der Waals surface area contributed by atoms with Gasteiger partial charge in [-0.15, -0.1) is 22.0 Å². The number of benzene rings is 1. The molecule has 0 spiro atoms. The molecular formula is C13H14N2OS. The molecule has 0 aliphatic rings. The number of nitrogens with zero attached hydrogens (tertiary/aromatic N) is 2. The Morgan fingerprint density at radius 2 is 1.88 bits per heavy atom. The standard InChI is InChI=1S/C13H14N2OS/c1-9-4-5-11(10(2)8-9)16-12-6-7-13(17-3)15-14-12/h4-8H,1-3H3. The molecule has 2 aromatic rings. The lowest BCUT2D eigenvalue weighted by Gasteiger charge is -2.07. The number of rotatable bonds is 3. The van der Waals surface area contributed by atoms with Gasteiger partial charge in [0.1, 0.15) is 10.8 Å². The Balaban J connectivity index is 2.19. The molecule has 0 radical (unpaired) electrons. The van der Waals surface area contributed by atoms with Crippen LogP contribution in [0.4, 0.5) is 0 Å². The predicted molar refractivity (Wildman–Crippen MR) is 69.8 cm³/mol. The van der Waals surface area contributed by atoms with Gasteiger partial charge in [0.05, 0.1) is 0 Å². The molecule has 17 heavy (non-hydrogen) atoms. The van der Waals surface area contributed by atoms with Gasteiger partial charge in [0, 0.05) is 6.07 Å². The van der Waals surface area contributed by atoms with Crippen LogP contribution in [0.15, 0.2) is 35.4 Å². The maximum Gasteiger partial charge on any atom is 0.238 e. The second-order valence-electron chi connectivity index (χ2n) is 3.78. The molecule has 2 rings (SSSR count). The van der Waals surface area contributed by atoms with Gasteiger partial charge in [-0.05, 0) is 37.8 Å². The Kier molecular flexibility index (Phi) is 3.64. The zero-order valence-corrected chi connectivity index (χ0v) is 10.9. The first-order valence-corrected chi connectivity index (χ1v) is 6.54. The lowest BCUT2D eigenvalue weighted by Crippen LogP contribution is -1.93. The highest BCUT2D eigenvalue weighted by molar-refractivity contribution is 7.98. The van der Waals surface area contributed by atoms with Crippen LogP contribution in [-0.4, -0.2) is 16.5 Å². The fourth-order valence-electron chi connectivity index (χ4n) is 1.50. The molecule has 0 unspecified atom stereocenters. The number of thioether (sulfide) groups is 1. The second-order valence-corrected chi connectivity index (χ2v) is 4.61. The predicted octanol–water partition coefficient (Wildman–Crippen LogP) is 3.61. The number of aryl methyl sites for hydroxylation is 2. The molecule has 0 N–H and O–H groups in total. The van der Waals surface area contributed by atoms with Crippen LogP contribution in [-0.2, 0) is 0 Å². The van der Waals surface area contributed by atoms with Gasteiger partial charge < -0.3 is 4.74 Å². The molecule has 0 aliphatic heterocycles. The smallest absolute Gasteiger partial charge is 0.238 e. The van der Waals surface area contributed by atoms with Gasteiger partial charge >= 0.3 is 0 Å². The molecule has 4 heteroatoms. The average molecular weight is 246 g/mol. The summed E-state index contributed by atoms with van der Waals surface area (Å²) in [6.07, 6.45) is 1.97. The van der Waals surface area contributed by atoms with E-state index < -0.39 is 0 Å². The molecular weight excluding hydrogens is 232 g/mol. The average Bonchev–Trinajstić information content (AvgIpc) is 2.34. The minimum Gasteiger partial charge on any atom is -0.437 e. The van der Waals surface area contributed by atoms with E-state index in [9.17, 15) is 0 Å². The Labute approximate surface area is 105 Å². The molecule has 1 aromatic carbocycles. The zero-order valence-electron chi connectivity index (χ0n) is 10.1. The van der Waals surface area contributed by atoms with E-state index in [1.165, 1.54) is 5.56 Å². The van der Waals surface area contributed by atoms with E-state index in [0.29, 0.717) is 5.88 Å². The van der Waals surface area contributed by atoms with Gasteiger partial charge in [0.2, 0.25) is 5.88 Å². The molecule has 0 fully saturated rings. The van der Waals surface area contributed by atoms with Crippen LogP contribution < -0.4 is 4.74 Å². The van der Waals surface area contributed by atoms with Crippen molar-refractivity contribution in [2.24, 2.45) is 0 Å². The van der Waals surface area contributed by atoms with Crippen molar-refractivity contribution >= 4 is 11.8 Å². The number of hydrogen-bond donors (Lipinski definition) is 0. The van der Waals surface area contributed by atoms with Gasteiger partial charge in [-0.1, -0.05) is 17.7 Å². The monoisotopic (exact) mass is 246 g/mol. The Morgan fingerprint density at radius 3 is 2.47 bits per heavy atom. The summed E-state index contributed by atoms with van der Waals surface area (Å²) in [6, 6.07) is 9.79. The summed E-state index contributed by atoms with van der Waals surface area (Å²) in [5.74, 6) is 1.34. The maximum atomic E-state index is 5.68. The quantitative estimate of drug-likeness (QED) is 0.775. The molecule has 3 nitrogen and oxygen atoms in total. The van der Waals surface area contributed by atoms with Crippen LogP contribution in [0.3, 0.4) is 0 Å². The van der Waals surface area contributed by atoms with Crippen molar-refractivity contribution in [2.45, 2.75) is 18.9 Å². The highest BCUT2D eigenvalue weighted by Crippen LogP contribution is 2.24. The lowest BCUT2D eigenvalue weighted by atomic mass is 10.1. The van der Waals surface area contributed by atoms with Crippen molar-refractivity contribution in [3.8, 4) is 11.6 Å². The summed E-state index contributed by atoms with van der Waals surface area (Å²) in [6.45, 7) is 4.08. The molecule has 1 heterocycles. The molecule has 0 atom stereocenters. The van der Waals surface area contributed by atoms with E-state index in [-0.39, 0.29) is 0 Å². The minimum absolute atomic E-state index is 0.523. The third kappa shape index (κ3) is 2.97. The van der Waals surface area contributed by atoms with Crippen LogP contribution in [0.2, 0.25) is 0 Å². The van der Waals surface area contributed by atoms with Crippen LogP contribution in [0.5, 0.6) is 11.6 Å². The zero-order chi connectivity index (χ0) is 12.3. The third-order valence-corrected chi connectivity index (χ3v) is 3.01. The van der Waals surface area contributed by atoms with E-state index in [0.717, 1.165) is 16.3 Å². The van der Waals surface area contributed by atoms with Crippen molar-refractivity contribution in [3.63, 3.8) is 0 Å². The van der Waals surface area contributed by atoms with Crippen LogP contribution in [0.25, 0.3) is 0 Å². The summed E-state index contributed by atoms with van der Waals surface area (Å²) in [4.78, 5) is 0. The van der Waals surface area contributed by atoms with E-state index >= 15 is 0 Å². The Hall–Kier alpha value is -1.55. The van der Waals surface area contributed by atoms with E-state index in [1.54, 1.807) is 11.8 Å². The minimum atomic E-state index is 0.523. The first-order chi connectivity index (χ1) is 8.19. The molecule has 1 aromatic heterocycles. The topological polar surface area (TPSA) is 35.0 Å². The maximum absolute atomic E-state index is 5.68. The van der Waals surface area contributed by atoms with Crippen molar-refractivity contribution in [3.05, 3.63) is 41.5 Å². The molecule has 0 saturated heterocycles. The van der Waals surface area contributed by atoms with E-state index in [2.05, 4.69) is 23.2 Å². The van der Waals surface area contributed by atoms with Crippen molar-refractivity contribution in [1.29, 1.82) is 0 Å². The Morgan fingerprint density at radius 1 is 1.06 bits per heavy atom. The summed E-state index contributed by atoms with van der Waals surface area (Å²) in [7, 11) is 0. The van der Waals surface area contributed by atoms with Crippen molar-refractivity contribution in [1.82, 2.24) is 10.2 Å². The van der Waals surface area contributed by atoms with Crippen LogP contribution in [0, 0.1) is 13.8 Å². The summed E-state index contributed by atoms with van der Waals surface area (Å²) in [5, 5.41) is 8.93. The van der Waals surface area contributed by atoms with Gasteiger partial charge in [-0.25, -0.2) is 0 Å². The van der Waals surface area contributed by atoms with E-state index in [1.807, 2.05) is 37.4 Å². The van der Waals surface area contributed by atoms with Crippen LogP contribution >= 0.6 is 11.8 Å². The lowest BCUT2D eigenvalue weighted by molar-refractivity contribution is 0.449. The number of aromatic nitrogens is 2. The summed E-state index contributed by atoms with van der Waals surface area (Å²) < 4.78 is 5.68. The molecule has 0 bridgehead atoms. The van der Waals surface area contributed by atoms with Gasteiger partial charge in [-0.3, -0.25) is 0 Å². The van der Waals surface area contributed by atoms with Gasteiger partial charge in [0.15, 0.2) is 0 Å². The van der Waals surface area contributed by atoms with E-state index in [4.69, 9.17) is 4.74 Å². The fourth-order valence-corrected chi connectivity index (χ4v) is 1.82. The Bertz CT molecular complexity index is 511. The molecule has 0 saturated carbocycles. The first-order valence-electron chi connectivity index (χ1n) is 5.32. The number of ether oxygens (including phenoxy) is 1. The second kappa shape index (κ2) is 5.19. The normalized spacial score (nSPS) is 10.3.